The van der Waals surface area contributed by atoms with Crippen LogP contribution in [0.1, 0.15) is 17.5 Å². The molecule has 6 heteroatoms. The maximum atomic E-state index is 12.7. The third kappa shape index (κ3) is 4.50. The first kappa shape index (κ1) is 19.4. The summed E-state index contributed by atoms with van der Waals surface area (Å²) in [6.45, 7) is 0.379. The van der Waals surface area contributed by atoms with Gasteiger partial charge < -0.3 is 9.47 Å². The lowest BCUT2D eigenvalue weighted by molar-refractivity contribution is -0.139. The Morgan fingerprint density at radius 2 is 1.67 bits per heavy atom. The first-order chi connectivity index (χ1) is 13.0. The highest BCUT2D eigenvalue weighted by Crippen LogP contribution is 2.29. The van der Waals surface area contributed by atoms with Gasteiger partial charge in [-0.2, -0.15) is 0 Å². The molecule has 142 valence electrons. The lowest BCUT2D eigenvalue weighted by Crippen LogP contribution is -2.33. The fourth-order valence-corrected chi connectivity index (χ4v) is 3.59. The quantitative estimate of drug-likeness (QED) is 0.628. The number of halogens is 1. The molecule has 0 saturated carbocycles. The fraction of sp³-hybridized carbons (Fsp3) is 0.333. The predicted molar refractivity (Wildman–Crippen MR) is 106 cm³/mol. The SMILES string of the molecule is COc1ccc(CCN2C(=O)C[C@H](Cc3ccc(Br)cc3)C2=O)cc1OC. The number of carbonyl (C=O) groups excluding carboxylic acids is 2. The molecule has 27 heavy (non-hydrogen) atoms. The van der Waals surface area contributed by atoms with Crippen LogP contribution in [0.2, 0.25) is 0 Å². The predicted octanol–water partition coefficient (Wildman–Crippen LogP) is 3.63. The summed E-state index contributed by atoms with van der Waals surface area (Å²) in [5.74, 6) is 0.849. The third-order valence-electron chi connectivity index (χ3n) is 4.80. The topological polar surface area (TPSA) is 55.8 Å². The van der Waals surface area contributed by atoms with Gasteiger partial charge in [-0.3, -0.25) is 14.5 Å². The highest BCUT2D eigenvalue weighted by atomic mass is 79.9. The molecule has 0 N–H and O–H groups in total. The van der Waals surface area contributed by atoms with Crippen LogP contribution in [-0.2, 0) is 22.4 Å². The Morgan fingerprint density at radius 1 is 1.00 bits per heavy atom. The summed E-state index contributed by atoms with van der Waals surface area (Å²) in [6, 6.07) is 13.5. The molecule has 0 aliphatic carbocycles. The minimum absolute atomic E-state index is 0.0802. The minimum atomic E-state index is -0.274. The summed E-state index contributed by atoms with van der Waals surface area (Å²) >= 11 is 3.40. The number of nitrogens with zero attached hydrogens (tertiary/aromatic N) is 1. The van der Waals surface area contributed by atoms with Crippen LogP contribution < -0.4 is 9.47 Å². The molecule has 0 aromatic heterocycles. The Hall–Kier alpha value is -2.34. The van der Waals surface area contributed by atoms with Crippen molar-refractivity contribution in [2.75, 3.05) is 20.8 Å². The molecular weight excluding hydrogens is 410 g/mol. The largest absolute Gasteiger partial charge is 0.493 e. The normalized spacial score (nSPS) is 16.7. The number of ether oxygens (including phenoxy) is 2. The maximum Gasteiger partial charge on any atom is 0.233 e. The monoisotopic (exact) mass is 431 g/mol. The van der Waals surface area contributed by atoms with Crippen molar-refractivity contribution < 1.29 is 19.1 Å². The van der Waals surface area contributed by atoms with E-state index in [2.05, 4.69) is 15.9 Å². The maximum absolute atomic E-state index is 12.7. The summed E-state index contributed by atoms with van der Waals surface area (Å²) in [7, 11) is 3.17. The second-order valence-electron chi connectivity index (χ2n) is 6.55. The Balaban J connectivity index is 1.63. The van der Waals surface area contributed by atoms with Gasteiger partial charge in [0.25, 0.3) is 0 Å². The third-order valence-corrected chi connectivity index (χ3v) is 5.33. The van der Waals surface area contributed by atoms with Crippen molar-refractivity contribution in [3.8, 4) is 11.5 Å². The van der Waals surface area contributed by atoms with E-state index < -0.39 is 0 Å². The number of likely N-dealkylation sites (tertiary alicyclic amines) is 1. The Morgan fingerprint density at radius 3 is 2.33 bits per heavy atom. The number of hydrogen-bond donors (Lipinski definition) is 0. The summed E-state index contributed by atoms with van der Waals surface area (Å²) in [4.78, 5) is 26.4. The highest BCUT2D eigenvalue weighted by molar-refractivity contribution is 9.10. The van der Waals surface area contributed by atoms with Crippen LogP contribution in [-0.4, -0.2) is 37.5 Å². The molecule has 0 radical (unpaired) electrons. The molecule has 1 atom stereocenters. The van der Waals surface area contributed by atoms with Crippen LogP contribution in [0.3, 0.4) is 0 Å². The zero-order valence-electron chi connectivity index (χ0n) is 15.4. The van der Waals surface area contributed by atoms with Crippen LogP contribution in [0, 0.1) is 5.92 Å². The Bertz CT molecular complexity index is 835. The van der Waals surface area contributed by atoms with E-state index in [0.29, 0.717) is 30.9 Å². The number of carbonyl (C=O) groups is 2. The van der Waals surface area contributed by atoms with E-state index in [1.807, 2.05) is 42.5 Å². The van der Waals surface area contributed by atoms with Crippen LogP contribution >= 0.6 is 15.9 Å². The van der Waals surface area contributed by atoms with Gasteiger partial charge in [0.1, 0.15) is 0 Å². The van der Waals surface area contributed by atoms with E-state index in [9.17, 15) is 9.59 Å². The molecule has 0 spiro atoms. The molecule has 2 aromatic rings. The average molecular weight is 432 g/mol. The number of amides is 2. The molecule has 1 heterocycles. The van der Waals surface area contributed by atoms with Crippen molar-refractivity contribution in [3.63, 3.8) is 0 Å². The number of methoxy groups -OCH3 is 2. The molecule has 1 aliphatic rings. The fourth-order valence-electron chi connectivity index (χ4n) is 3.33. The smallest absolute Gasteiger partial charge is 0.233 e. The van der Waals surface area contributed by atoms with E-state index in [4.69, 9.17) is 9.47 Å². The molecule has 2 aromatic carbocycles. The lowest BCUT2D eigenvalue weighted by atomic mass is 9.98. The van der Waals surface area contributed by atoms with Gasteiger partial charge in [0.05, 0.1) is 20.1 Å². The van der Waals surface area contributed by atoms with Crippen molar-refractivity contribution in [1.82, 2.24) is 4.90 Å². The van der Waals surface area contributed by atoms with Crippen LogP contribution in [0.5, 0.6) is 11.5 Å². The summed E-state index contributed by atoms with van der Waals surface area (Å²) in [6.07, 6.45) is 1.45. The molecule has 0 bridgehead atoms. The van der Waals surface area contributed by atoms with Crippen LogP contribution in [0.15, 0.2) is 46.9 Å². The Kier molecular flexibility index (Phi) is 6.16. The van der Waals surface area contributed by atoms with E-state index in [0.717, 1.165) is 15.6 Å². The average Bonchev–Trinajstić information content (AvgIpc) is 2.94. The molecule has 2 amide bonds. The van der Waals surface area contributed by atoms with Gasteiger partial charge in [-0.05, 0) is 48.2 Å². The summed E-state index contributed by atoms with van der Waals surface area (Å²) in [5, 5.41) is 0. The van der Waals surface area contributed by atoms with Gasteiger partial charge in [-0.15, -0.1) is 0 Å². The van der Waals surface area contributed by atoms with Crippen molar-refractivity contribution in [2.24, 2.45) is 5.92 Å². The van der Waals surface area contributed by atoms with Crippen molar-refractivity contribution in [3.05, 3.63) is 58.1 Å². The van der Waals surface area contributed by atoms with Gasteiger partial charge in [0.15, 0.2) is 11.5 Å². The second-order valence-corrected chi connectivity index (χ2v) is 7.47. The van der Waals surface area contributed by atoms with Crippen molar-refractivity contribution in [1.29, 1.82) is 0 Å². The van der Waals surface area contributed by atoms with Crippen LogP contribution in [0.25, 0.3) is 0 Å². The van der Waals surface area contributed by atoms with Gasteiger partial charge in [0, 0.05) is 17.4 Å². The molecule has 1 fully saturated rings. The van der Waals surface area contributed by atoms with Gasteiger partial charge >= 0.3 is 0 Å². The summed E-state index contributed by atoms with van der Waals surface area (Å²) in [5.41, 5.74) is 2.05. The standard InChI is InChI=1S/C21H22BrNO4/c1-26-18-8-5-15(12-19(18)27-2)9-10-23-20(24)13-16(21(23)25)11-14-3-6-17(22)7-4-14/h3-8,12,16H,9-11,13H2,1-2H3/t16-/m0/s1. The van der Waals surface area contributed by atoms with Gasteiger partial charge in [0.2, 0.25) is 11.8 Å². The molecule has 5 nitrogen and oxygen atoms in total. The summed E-state index contributed by atoms with van der Waals surface area (Å²) < 4.78 is 11.5. The number of hydrogen-bond acceptors (Lipinski definition) is 4. The van der Waals surface area contributed by atoms with Gasteiger partial charge in [-0.1, -0.05) is 34.1 Å². The zero-order chi connectivity index (χ0) is 19.4. The van der Waals surface area contributed by atoms with E-state index in [1.165, 1.54) is 4.90 Å². The van der Waals surface area contributed by atoms with E-state index in [-0.39, 0.29) is 24.2 Å². The second kappa shape index (κ2) is 8.57. The van der Waals surface area contributed by atoms with E-state index in [1.54, 1.807) is 14.2 Å². The molecule has 1 saturated heterocycles. The first-order valence-corrected chi connectivity index (χ1v) is 9.60. The van der Waals surface area contributed by atoms with Crippen molar-refractivity contribution >= 4 is 27.7 Å². The first-order valence-electron chi connectivity index (χ1n) is 8.81. The minimum Gasteiger partial charge on any atom is -0.493 e. The molecule has 0 unspecified atom stereocenters. The Labute approximate surface area is 167 Å². The van der Waals surface area contributed by atoms with E-state index >= 15 is 0 Å². The van der Waals surface area contributed by atoms with Gasteiger partial charge in [-0.25, -0.2) is 0 Å². The number of imide groups is 1. The molecular formula is C21H22BrNO4. The number of rotatable bonds is 7. The zero-order valence-corrected chi connectivity index (χ0v) is 17.0. The number of benzene rings is 2. The lowest BCUT2D eigenvalue weighted by Gasteiger charge is -2.16. The molecule has 1 aliphatic heterocycles. The van der Waals surface area contributed by atoms with Crippen molar-refractivity contribution in [2.45, 2.75) is 19.3 Å². The van der Waals surface area contributed by atoms with Crippen LogP contribution in [0.4, 0.5) is 0 Å². The highest BCUT2D eigenvalue weighted by Gasteiger charge is 2.37. The molecule has 3 rings (SSSR count).